The van der Waals surface area contributed by atoms with Crippen molar-refractivity contribution in [2.75, 3.05) is 6.54 Å². The summed E-state index contributed by atoms with van der Waals surface area (Å²) in [6, 6.07) is 3.56. The summed E-state index contributed by atoms with van der Waals surface area (Å²) >= 11 is 0. The number of amides is 1. The molecule has 0 heterocycles. The lowest BCUT2D eigenvalue weighted by Crippen LogP contribution is -2.40. The van der Waals surface area contributed by atoms with Crippen molar-refractivity contribution in [2.45, 2.75) is 25.7 Å². The second-order valence-corrected chi connectivity index (χ2v) is 5.82. The van der Waals surface area contributed by atoms with Gasteiger partial charge >= 0.3 is 0 Å². The van der Waals surface area contributed by atoms with Crippen LogP contribution in [0.4, 0.5) is 0 Å². The van der Waals surface area contributed by atoms with E-state index in [2.05, 4.69) is 4.72 Å². The Hall–Kier alpha value is -1.44. The molecule has 0 radical (unpaired) electrons. The quantitative estimate of drug-likeness (QED) is 0.403. The molecule has 4 N–H and O–H groups in total. The number of nitrogens with two attached hydrogens (primary N) is 1. The number of benzene rings is 1. The molecule has 0 aliphatic heterocycles. The number of carbonyl (C=O) groups is 1. The van der Waals surface area contributed by atoms with Crippen LogP contribution in [-0.2, 0) is 14.8 Å². The van der Waals surface area contributed by atoms with Crippen molar-refractivity contribution < 1.29 is 13.2 Å². The molecule has 7 heteroatoms. The lowest BCUT2D eigenvalue weighted by Gasteiger charge is -2.12. The van der Waals surface area contributed by atoms with E-state index >= 15 is 0 Å². The highest BCUT2D eigenvalue weighted by Gasteiger charge is 2.20. The van der Waals surface area contributed by atoms with E-state index in [0.717, 1.165) is 5.56 Å². The Morgan fingerprint density at radius 2 is 1.72 bits per heavy atom. The van der Waals surface area contributed by atoms with E-state index in [0.29, 0.717) is 11.1 Å². The van der Waals surface area contributed by atoms with Gasteiger partial charge in [-0.05, 0) is 31.9 Å². The molecular formula is C11H17N3O3S. The van der Waals surface area contributed by atoms with Crippen LogP contribution in [0.3, 0.4) is 0 Å². The maximum absolute atomic E-state index is 12.1. The largest absolute Gasteiger partial charge is 0.293 e. The summed E-state index contributed by atoms with van der Waals surface area (Å²) in [6.45, 7) is 4.95. The molecule has 0 saturated carbocycles. The SMILES string of the molecule is Cc1cc(C)c(S(=O)(=O)NCC(=O)NN)c(C)c1. The van der Waals surface area contributed by atoms with Crippen LogP contribution < -0.4 is 16.0 Å². The predicted octanol–water partition coefficient (Wildman–Crippen LogP) is -0.120. The van der Waals surface area contributed by atoms with E-state index in [1.54, 1.807) is 26.0 Å². The van der Waals surface area contributed by atoms with Gasteiger partial charge in [-0.2, -0.15) is 0 Å². The highest BCUT2D eigenvalue weighted by molar-refractivity contribution is 7.89. The normalized spacial score (nSPS) is 11.3. The third kappa shape index (κ3) is 3.28. The summed E-state index contributed by atoms with van der Waals surface area (Å²) in [6.07, 6.45) is 0. The lowest BCUT2D eigenvalue weighted by molar-refractivity contribution is -0.120. The Balaban J connectivity index is 3.10. The van der Waals surface area contributed by atoms with E-state index in [1.165, 1.54) is 0 Å². The predicted molar refractivity (Wildman–Crippen MR) is 68.2 cm³/mol. The average molecular weight is 271 g/mol. The molecule has 0 fully saturated rings. The fourth-order valence-electron chi connectivity index (χ4n) is 1.87. The molecule has 0 aromatic heterocycles. The summed E-state index contributed by atoms with van der Waals surface area (Å²) in [5.74, 6) is 4.29. The molecule has 6 nitrogen and oxygen atoms in total. The zero-order valence-corrected chi connectivity index (χ0v) is 11.4. The molecule has 100 valence electrons. The van der Waals surface area contributed by atoms with Crippen molar-refractivity contribution >= 4 is 15.9 Å². The van der Waals surface area contributed by atoms with Gasteiger partial charge in [0.15, 0.2) is 0 Å². The van der Waals surface area contributed by atoms with E-state index in [9.17, 15) is 13.2 Å². The van der Waals surface area contributed by atoms with Crippen LogP contribution in [0, 0.1) is 20.8 Å². The van der Waals surface area contributed by atoms with Gasteiger partial charge in [0.2, 0.25) is 15.9 Å². The third-order valence-electron chi connectivity index (χ3n) is 2.46. The maximum atomic E-state index is 12.1. The number of nitrogens with one attached hydrogen (secondary N) is 2. The first-order valence-corrected chi connectivity index (χ1v) is 6.83. The second-order valence-electron chi connectivity index (χ2n) is 4.12. The topological polar surface area (TPSA) is 101 Å². The second kappa shape index (κ2) is 5.47. The van der Waals surface area contributed by atoms with E-state index in [4.69, 9.17) is 5.84 Å². The van der Waals surface area contributed by atoms with Crippen LogP contribution in [0.15, 0.2) is 17.0 Å². The van der Waals surface area contributed by atoms with Gasteiger partial charge in [-0.15, -0.1) is 0 Å². The van der Waals surface area contributed by atoms with Crippen molar-refractivity contribution in [3.63, 3.8) is 0 Å². The minimum Gasteiger partial charge on any atom is -0.293 e. The number of sulfonamides is 1. The van der Waals surface area contributed by atoms with Crippen molar-refractivity contribution in [3.8, 4) is 0 Å². The summed E-state index contributed by atoms with van der Waals surface area (Å²) in [4.78, 5) is 11.2. The smallest absolute Gasteiger partial charge is 0.248 e. The number of rotatable bonds is 4. The third-order valence-corrected chi connectivity index (χ3v) is 4.16. The number of hydrogen-bond donors (Lipinski definition) is 3. The number of aryl methyl sites for hydroxylation is 3. The van der Waals surface area contributed by atoms with Gasteiger partial charge in [0.05, 0.1) is 11.4 Å². The Bertz CT molecular complexity index is 544. The summed E-state index contributed by atoms with van der Waals surface area (Å²) < 4.78 is 26.4. The Kier molecular flexibility index (Phi) is 4.44. The molecule has 0 unspecified atom stereocenters. The monoisotopic (exact) mass is 271 g/mol. The van der Waals surface area contributed by atoms with Crippen molar-refractivity contribution in [1.29, 1.82) is 0 Å². The van der Waals surface area contributed by atoms with Crippen LogP contribution in [-0.4, -0.2) is 20.9 Å². The maximum Gasteiger partial charge on any atom is 0.248 e. The standard InChI is InChI=1S/C11H17N3O3S/c1-7-4-8(2)11(9(3)5-7)18(16,17)13-6-10(15)14-12/h4-5,13H,6,12H2,1-3H3,(H,14,15). The van der Waals surface area contributed by atoms with Crippen molar-refractivity contribution in [3.05, 3.63) is 28.8 Å². The molecule has 1 aromatic carbocycles. The van der Waals surface area contributed by atoms with E-state index in [1.807, 2.05) is 12.3 Å². The van der Waals surface area contributed by atoms with Gasteiger partial charge in [0, 0.05) is 0 Å². The van der Waals surface area contributed by atoms with Crippen molar-refractivity contribution in [2.24, 2.45) is 5.84 Å². The van der Waals surface area contributed by atoms with Gasteiger partial charge in [0.1, 0.15) is 0 Å². The molecule has 0 atom stereocenters. The first kappa shape index (κ1) is 14.6. The van der Waals surface area contributed by atoms with Gasteiger partial charge in [-0.25, -0.2) is 19.0 Å². The minimum absolute atomic E-state index is 0.206. The molecule has 1 rings (SSSR count). The Morgan fingerprint density at radius 1 is 1.22 bits per heavy atom. The van der Waals surface area contributed by atoms with Gasteiger partial charge in [0.25, 0.3) is 0 Å². The summed E-state index contributed by atoms with van der Waals surface area (Å²) in [5.41, 5.74) is 4.14. The molecule has 1 aromatic rings. The Labute approximate surface area is 107 Å². The van der Waals surface area contributed by atoms with Gasteiger partial charge < -0.3 is 0 Å². The highest BCUT2D eigenvalue weighted by atomic mass is 32.2. The van der Waals surface area contributed by atoms with Crippen LogP contribution >= 0.6 is 0 Å². The summed E-state index contributed by atoms with van der Waals surface area (Å²) in [7, 11) is -3.71. The molecule has 1 amide bonds. The van der Waals surface area contributed by atoms with E-state index < -0.39 is 15.9 Å². The molecule has 0 bridgehead atoms. The molecule has 0 spiro atoms. The summed E-state index contributed by atoms with van der Waals surface area (Å²) in [5, 5.41) is 0. The van der Waals surface area contributed by atoms with Gasteiger partial charge in [-0.3, -0.25) is 10.2 Å². The van der Waals surface area contributed by atoms with Crippen LogP contribution in [0.25, 0.3) is 0 Å². The zero-order valence-electron chi connectivity index (χ0n) is 10.6. The first-order valence-electron chi connectivity index (χ1n) is 5.35. The van der Waals surface area contributed by atoms with Crippen LogP contribution in [0.1, 0.15) is 16.7 Å². The van der Waals surface area contributed by atoms with Crippen LogP contribution in [0.2, 0.25) is 0 Å². The zero-order chi connectivity index (χ0) is 13.9. The van der Waals surface area contributed by atoms with Crippen LogP contribution in [0.5, 0.6) is 0 Å². The first-order chi connectivity index (χ1) is 8.27. The highest BCUT2D eigenvalue weighted by Crippen LogP contribution is 2.21. The lowest BCUT2D eigenvalue weighted by atomic mass is 10.1. The number of hydrazine groups is 1. The molecule has 18 heavy (non-hydrogen) atoms. The van der Waals surface area contributed by atoms with Crippen molar-refractivity contribution in [1.82, 2.24) is 10.1 Å². The fraction of sp³-hybridized carbons (Fsp3) is 0.364. The van der Waals surface area contributed by atoms with Gasteiger partial charge in [-0.1, -0.05) is 17.7 Å². The Morgan fingerprint density at radius 3 is 2.17 bits per heavy atom. The molecular weight excluding hydrogens is 254 g/mol. The average Bonchev–Trinajstić information content (AvgIpc) is 2.24. The molecule has 0 aliphatic carbocycles. The number of carbonyl (C=O) groups excluding carboxylic acids is 1. The number of hydrogen-bond acceptors (Lipinski definition) is 4. The molecule has 0 saturated heterocycles. The minimum atomic E-state index is -3.71. The fourth-order valence-corrected chi connectivity index (χ4v) is 3.31. The molecule has 0 aliphatic rings. The van der Waals surface area contributed by atoms with E-state index in [-0.39, 0.29) is 11.4 Å².